The van der Waals surface area contributed by atoms with Gasteiger partial charge in [-0.3, -0.25) is 4.79 Å². The van der Waals surface area contributed by atoms with Crippen LogP contribution in [0.2, 0.25) is 0 Å². The van der Waals surface area contributed by atoms with Gasteiger partial charge >= 0.3 is 5.97 Å². The predicted octanol–water partition coefficient (Wildman–Crippen LogP) is 2.61. The Labute approximate surface area is 142 Å². The number of aryl methyl sites for hydroxylation is 1. The van der Waals surface area contributed by atoms with Gasteiger partial charge in [0.15, 0.2) is 0 Å². The van der Waals surface area contributed by atoms with Crippen molar-refractivity contribution in [3.8, 4) is 0 Å². The summed E-state index contributed by atoms with van der Waals surface area (Å²) in [5.41, 5.74) is 2.12. The van der Waals surface area contributed by atoms with Crippen molar-refractivity contribution in [2.24, 2.45) is 0 Å². The summed E-state index contributed by atoms with van der Waals surface area (Å²) in [6.07, 6.45) is 2.11. The van der Waals surface area contributed by atoms with Crippen molar-refractivity contribution in [2.45, 2.75) is 30.6 Å². The van der Waals surface area contributed by atoms with Gasteiger partial charge in [-0.2, -0.15) is 0 Å². The molecule has 24 heavy (non-hydrogen) atoms. The molecule has 0 bridgehead atoms. The average Bonchev–Trinajstić information content (AvgIpc) is 2.57. The van der Waals surface area contributed by atoms with E-state index in [0.717, 1.165) is 17.5 Å². The quantitative estimate of drug-likeness (QED) is 0.730. The van der Waals surface area contributed by atoms with E-state index in [-0.39, 0.29) is 11.3 Å². The lowest BCUT2D eigenvalue weighted by Crippen LogP contribution is -2.25. The molecule has 128 valence electrons. The third-order valence-corrected chi connectivity index (χ3v) is 5.12. The van der Waals surface area contributed by atoms with Crippen molar-refractivity contribution in [3.05, 3.63) is 65.7 Å². The van der Waals surface area contributed by atoms with Gasteiger partial charge in [0.1, 0.15) is 0 Å². The second kappa shape index (κ2) is 8.61. The number of benzene rings is 2. The van der Waals surface area contributed by atoms with E-state index >= 15 is 0 Å². The number of hydrogen-bond donors (Lipinski definition) is 2. The van der Waals surface area contributed by atoms with Gasteiger partial charge in [0.25, 0.3) is 0 Å². The second-order valence-electron chi connectivity index (χ2n) is 5.52. The predicted molar refractivity (Wildman–Crippen MR) is 92.4 cm³/mol. The molecular weight excluding hydrogens is 326 g/mol. The molecule has 2 aromatic rings. The summed E-state index contributed by atoms with van der Waals surface area (Å²) in [7, 11) is -3.46. The zero-order chi connectivity index (χ0) is 17.4. The van der Waals surface area contributed by atoms with E-state index in [4.69, 9.17) is 5.11 Å². The molecule has 0 heterocycles. The van der Waals surface area contributed by atoms with Crippen LogP contribution in [0.1, 0.15) is 24.0 Å². The standard InChI is InChI=1S/C18H21NO4S/c20-18(21)8-4-5-15-9-11-16(12-10-15)13-14-19-24(22,23)17-6-2-1-3-7-17/h1-3,6-7,9-12,19H,4-5,8,13-14H2,(H,20,21). The molecule has 2 rings (SSSR count). The molecule has 0 radical (unpaired) electrons. The fourth-order valence-electron chi connectivity index (χ4n) is 2.33. The van der Waals surface area contributed by atoms with E-state index in [1.165, 1.54) is 0 Å². The number of rotatable bonds is 9. The molecule has 0 aliphatic carbocycles. The van der Waals surface area contributed by atoms with Crippen LogP contribution in [0.4, 0.5) is 0 Å². The molecule has 0 amide bonds. The van der Waals surface area contributed by atoms with E-state index in [2.05, 4.69) is 4.72 Å². The molecule has 2 N–H and O–H groups in total. The maximum absolute atomic E-state index is 12.1. The first kappa shape index (κ1) is 18.2. The van der Waals surface area contributed by atoms with Crippen LogP contribution in [0.5, 0.6) is 0 Å². The minimum absolute atomic E-state index is 0.170. The average molecular weight is 347 g/mol. The number of carboxylic acids is 1. The van der Waals surface area contributed by atoms with Gasteiger partial charge in [0, 0.05) is 13.0 Å². The summed E-state index contributed by atoms with van der Waals surface area (Å²) >= 11 is 0. The summed E-state index contributed by atoms with van der Waals surface area (Å²) in [4.78, 5) is 10.8. The number of carboxylic acid groups (broad SMARTS) is 1. The molecule has 5 nitrogen and oxygen atoms in total. The lowest BCUT2D eigenvalue weighted by molar-refractivity contribution is -0.137. The number of aliphatic carboxylic acids is 1. The summed E-state index contributed by atoms with van der Waals surface area (Å²) in [6, 6.07) is 16.1. The number of sulfonamides is 1. The zero-order valence-electron chi connectivity index (χ0n) is 13.3. The Morgan fingerprint density at radius 3 is 2.08 bits per heavy atom. The van der Waals surface area contributed by atoms with Crippen LogP contribution < -0.4 is 4.72 Å². The molecule has 0 atom stereocenters. The van der Waals surface area contributed by atoms with Gasteiger partial charge < -0.3 is 5.11 Å². The molecule has 0 aliphatic rings. The Morgan fingerprint density at radius 2 is 1.50 bits per heavy atom. The highest BCUT2D eigenvalue weighted by molar-refractivity contribution is 7.89. The van der Waals surface area contributed by atoms with Gasteiger partial charge in [-0.1, -0.05) is 42.5 Å². The lowest BCUT2D eigenvalue weighted by atomic mass is 10.0. The van der Waals surface area contributed by atoms with E-state index in [1.54, 1.807) is 30.3 Å². The molecule has 0 fully saturated rings. The molecule has 0 saturated heterocycles. The van der Waals surface area contributed by atoms with Gasteiger partial charge in [-0.15, -0.1) is 0 Å². The van der Waals surface area contributed by atoms with Gasteiger partial charge in [0.05, 0.1) is 4.90 Å². The number of nitrogens with one attached hydrogen (secondary N) is 1. The smallest absolute Gasteiger partial charge is 0.303 e. The SMILES string of the molecule is O=C(O)CCCc1ccc(CCNS(=O)(=O)c2ccccc2)cc1. The first-order valence-corrected chi connectivity index (χ1v) is 9.30. The Hall–Kier alpha value is -2.18. The molecular formula is C18H21NO4S. The van der Waals surface area contributed by atoms with Crippen molar-refractivity contribution in [3.63, 3.8) is 0 Å². The summed E-state index contributed by atoms with van der Waals surface area (Å²) in [5.74, 6) is -0.780. The summed E-state index contributed by atoms with van der Waals surface area (Å²) in [5, 5.41) is 8.62. The first-order chi connectivity index (χ1) is 11.5. The topological polar surface area (TPSA) is 83.5 Å². The lowest BCUT2D eigenvalue weighted by Gasteiger charge is -2.07. The van der Waals surface area contributed by atoms with Crippen molar-refractivity contribution in [2.75, 3.05) is 6.54 Å². The summed E-state index contributed by atoms with van der Waals surface area (Å²) in [6.45, 7) is 0.329. The van der Waals surface area contributed by atoms with Gasteiger partial charge in [-0.05, 0) is 42.5 Å². The van der Waals surface area contributed by atoms with Crippen molar-refractivity contribution >= 4 is 16.0 Å². The van der Waals surface area contributed by atoms with Crippen LogP contribution in [0, 0.1) is 0 Å². The molecule has 0 spiro atoms. The highest BCUT2D eigenvalue weighted by Gasteiger charge is 2.12. The van der Waals surface area contributed by atoms with Crippen molar-refractivity contribution in [1.82, 2.24) is 4.72 Å². The Bertz CT molecular complexity index is 755. The monoisotopic (exact) mass is 347 g/mol. The van der Waals surface area contributed by atoms with Gasteiger partial charge in [-0.25, -0.2) is 13.1 Å². The van der Waals surface area contributed by atoms with E-state index in [0.29, 0.717) is 19.4 Å². The van der Waals surface area contributed by atoms with Crippen LogP contribution in [0.25, 0.3) is 0 Å². The Balaban J connectivity index is 1.81. The molecule has 6 heteroatoms. The van der Waals surface area contributed by atoms with Crippen molar-refractivity contribution in [1.29, 1.82) is 0 Å². The molecule has 0 aromatic heterocycles. The van der Waals surface area contributed by atoms with Crippen molar-refractivity contribution < 1.29 is 18.3 Å². The second-order valence-corrected chi connectivity index (χ2v) is 7.29. The van der Waals surface area contributed by atoms with E-state index in [1.807, 2.05) is 24.3 Å². The molecule has 0 aliphatic heterocycles. The van der Waals surface area contributed by atoms with Crippen LogP contribution in [0.15, 0.2) is 59.5 Å². The van der Waals surface area contributed by atoms with Crippen LogP contribution >= 0.6 is 0 Å². The third kappa shape index (κ3) is 5.79. The highest BCUT2D eigenvalue weighted by Crippen LogP contribution is 2.10. The normalized spacial score (nSPS) is 11.3. The first-order valence-electron chi connectivity index (χ1n) is 7.82. The van der Waals surface area contributed by atoms with E-state index in [9.17, 15) is 13.2 Å². The minimum atomic E-state index is -3.46. The maximum Gasteiger partial charge on any atom is 0.303 e. The van der Waals surface area contributed by atoms with Crippen LogP contribution in [0.3, 0.4) is 0 Å². The maximum atomic E-state index is 12.1. The Morgan fingerprint density at radius 1 is 0.917 bits per heavy atom. The highest BCUT2D eigenvalue weighted by atomic mass is 32.2. The fraction of sp³-hybridized carbons (Fsp3) is 0.278. The van der Waals surface area contributed by atoms with E-state index < -0.39 is 16.0 Å². The molecule has 0 unspecified atom stereocenters. The summed E-state index contributed by atoms with van der Waals surface area (Å²) < 4.78 is 26.8. The molecule has 0 saturated carbocycles. The Kier molecular flexibility index (Phi) is 6.52. The van der Waals surface area contributed by atoms with Crippen LogP contribution in [-0.2, 0) is 27.7 Å². The zero-order valence-corrected chi connectivity index (χ0v) is 14.1. The number of carbonyl (C=O) groups is 1. The largest absolute Gasteiger partial charge is 0.481 e. The minimum Gasteiger partial charge on any atom is -0.481 e. The number of hydrogen-bond acceptors (Lipinski definition) is 3. The fourth-order valence-corrected chi connectivity index (χ4v) is 3.38. The van der Waals surface area contributed by atoms with Gasteiger partial charge in [0.2, 0.25) is 10.0 Å². The molecule has 2 aromatic carbocycles. The van der Waals surface area contributed by atoms with Crippen LogP contribution in [-0.4, -0.2) is 26.0 Å². The third-order valence-electron chi connectivity index (χ3n) is 3.64.